The van der Waals surface area contributed by atoms with E-state index in [0.29, 0.717) is 17.5 Å². The van der Waals surface area contributed by atoms with E-state index in [1.165, 1.54) is 64.0 Å². The van der Waals surface area contributed by atoms with E-state index >= 15 is 0 Å². The summed E-state index contributed by atoms with van der Waals surface area (Å²) in [4.78, 5) is 16.2. The molecule has 0 saturated carbocycles. The van der Waals surface area contributed by atoms with Gasteiger partial charge in [-0.3, -0.25) is 0 Å². The molecule has 0 bridgehead atoms. The quantitative estimate of drug-likeness (QED) is 0.126. The van der Waals surface area contributed by atoms with Gasteiger partial charge in [0.15, 0.2) is 17.5 Å². The minimum atomic E-state index is 0.643. The van der Waals surface area contributed by atoms with Gasteiger partial charge >= 0.3 is 0 Å². The van der Waals surface area contributed by atoms with Crippen LogP contribution in [0.15, 0.2) is 200 Å². The molecule has 266 valence electrons. The van der Waals surface area contributed by atoms with Crippen molar-refractivity contribution in [3.63, 3.8) is 0 Å². The lowest BCUT2D eigenvalue weighted by Crippen LogP contribution is -2.00. The van der Waals surface area contributed by atoms with Crippen LogP contribution >= 0.6 is 11.3 Å². The normalized spacial score (nSPS) is 11.5. The Morgan fingerprint density at radius 3 is 1.42 bits per heavy atom. The van der Waals surface area contributed by atoms with Gasteiger partial charge in [-0.2, -0.15) is 0 Å². The zero-order chi connectivity index (χ0) is 37.7. The maximum absolute atomic E-state index is 5.03. The lowest BCUT2D eigenvalue weighted by Gasteiger charge is -2.14. The molecule has 11 aromatic rings. The minimum Gasteiger partial charge on any atom is -0.208 e. The smallest absolute Gasteiger partial charge is 0.164 e. The van der Waals surface area contributed by atoms with Crippen molar-refractivity contribution in [1.82, 2.24) is 15.0 Å². The number of fused-ring (bicyclic) bond motifs is 5. The van der Waals surface area contributed by atoms with Crippen LogP contribution in [0.1, 0.15) is 0 Å². The van der Waals surface area contributed by atoms with Crippen molar-refractivity contribution in [1.29, 1.82) is 0 Å². The number of thiophene rings is 1. The molecule has 0 aliphatic rings. The van der Waals surface area contributed by atoms with Crippen LogP contribution in [0, 0.1) is 0 Å². The molecule has 0 saturated heterocycles. The molecule has 0 aliphatic carbocycles. The van der Waals surface area contributed by atoms with Crippen molar-refractivity contribution in [2.45, 2.75) is 0 Å². The van der Waals surface area contributed by atoms with E-state index in [1.54, 1.807) is 0 Å². The first-order chi connectivity index (χ1) is 28.2. The van der Waals surface area contributed by atoms with Gasteiger partial charge in [-0.05, 0) is 83.7 Å². The van der Waals surface area contributed by atoms with Crippen LogP contribution in [0.2, 0.25) is 0 Å². The highest BCUT2D eigenvalue weighted by atomic mass is 32.1. The Kier molecular flexibility index (Phi) is 8.01. The molecular weight excluding hydrogens is 711 g/mol. The van der Waals surface area contributed by atoms with Crippen molar-refractivity contribution in [2.24, 2.45) is 0 Å². The minimum absolute atomic E-state index is 0.643. The van der Waals surface area contributed by atoms with E-state index < -0.39 is 0 Å². The maximum atomic E-state index is 5.03. The molecule has 0 atom stereocenters. The molecule has 11 rings (SSSR count). The number of aromatic nitrogens is 3. The maximum Gasteiger partial charge on any atom is 0.164 e. The predicted molar refractivity (Wildman–Crippen MR) is 240 cm³/mol. The lowest BCUT2D eigenvalue weighted by atomic mass is 9.89. The predicted octanol–water partition coefficient (Wildman–Crippen LogP) is 14.5. The fourth-order valence-corrected chi connectivity index (χ4v) is 9.10. The summed E-state index contributed by atoms with van der Waals surface area (Å²) >= 11 is 1.81. The van der Waals surface area contributed by atoms with E-state index in [-0.39, 0.29) is 0 Å². The van der Waals surface area contributed by atoms with Crippen LogP contribution in [0.3, 0.4) is 0 Å². The van der Waals surface area contributed by atoms with E-state index in [4.69, 9.17) is 15.0 Å². The van der Waals surface area contributed by atoms with Crippen molar-refractivity contribution in [3.05, 3.63) is 200 Å². The summed E-state index contributed by atoms with van der Waals surface area (Å²) in [6.45, 7) is 0. The highest BCUT2D eigenvalue weighted by Crippen LogP contribution is 2.40. The zero-order valence-corrected chi connectivity index (χ0v) is 31.6. The average molecular weight is 744 g/mol. The highest BCUT2D eigenvalue weighted by molar-refractivity contribution is 7.22. The van der Waals surface area contributed by atoms with Gasteiger partial charge in [0, 0.05) is 26.3 Å². The van der Waals surface area contributed by atoms with Gasteiger partial charge in [-0.1, -0.05) is 182 Å². The first-order valence-electron chi connectivity index (χ1n) is 19.2. The van der Waals surface area contributed by atoms with Crippen molar-refractivity contribution in [3.8, 4) is 66.9 Å². The van der Waals surface area contributed by atoms with Gasteiger partial charge in [0.05, 0.1) is 0 Å². The molecule has 0 radical (unpaired) electrons. The Hall–Kier alpha value is -7.27. The lowest BCUT2D eigenvalue weighted by molar-refractivity contribution is 1.07. The van der Waals surface area contributed by atoms with Gasteiger partial charge in [-0.15, -0.1) is 11.3 Å². The zero-order valence-electron chi connectivity index (χ0n) is 30.8. The van der Waals surface area contributed by atoms with Crippen molar-refractivity contribution < 1.29 is 0 Å². The second-order valence-corrected chi connectivity index (χ2v) is 15.5. The molecule has 0 aliphatic heterocycles. The standard InChI is InChI=1S/C53H33N3S/c1-2-11-39(12-3-1)51-54-52(56-53(55-51)41-28-22-37(23-29-41)49-33-43-14-6-9-17-48(43)57-49)40-26-20-35(21-27-40)34-18-24-38(25-19-34)50-45-16-8-5-13-42(45)32-47-44-15-7-4-10-36(44)30-31-46(47)50/h1-33H. The molecule has 0 fully saturated rings. The third-order valence-corrected chi connectivity index (χ3v) is 12.1. The second kappa shape index (κ2) is 13.8. The molecule has 9 aromatic carbocycles. The van der Waals surface area contributed by atoms with E-state index in [1.807, 2.05) is 41.7 Å². The SMILES string of the molecule is c1ccc(-c2nc(-c3ccc(-c4ccc(-c5c6ccccc6cc6c5ccc5ccccc56)cc4)cc3)nc(-c3ccc(-c4cc5ccccc5s4)cc3)n2)cc1. The summed E-state index contributed by atoms with van der Waals surface area (Å²) in [5.74, 6) is 1.94. The molecule has 0 amide bonds. The van der Waals surface area contributed by atoms with E-state index in [9.17, 15) is 0 Å². The number of nitrogens with zero attached hydrogens (tertiary/aromatic N) is 3. The van der Waals surface area contributed by atoms with E-state index in [2.05, 4.69) is 170 Å². The highest BCUT2D eigenvalue weighted by Gasteiger charge is 2.15. The van der Waals surface area contributed by atoms with Crippen LogP contribution in [0.25, 0.3) is 109 Å². The summed E-state index contributed by atoms with van der Waals surface area (Å²) < 4.78 is 1.29. The molecule has 4 heteroatoms. The summed E-state index contributed by atoms with van der Waals surface area (Å²) in [7, 11) is 0. The fourth-order valence-electron chi connectivity index (χ4n) is 8.03. The first kappa shape index (κ1) is 33.1. The van der Waals surface area contributed by atoms with Gasteiger partial charge in [-0.25, -0.2) is 15.0 Å². The first-order valence-corrected chi connectivity index (χ1v) is 20.0. The molecular formula is C53H33N3S. The number of benzene rings is 9. The Bertz CT molecular complexity index is 3230. The van der Waals surface area contributed by atoms with Gasteiger partial charge in [0.2, 0.25) is 0 Å². The van der Waals surface area contributed by atoms with Gasteiger partial charge in [0.1, 0.15) is 0 Å². The molecule has 0 N–H and O–H groups in total. The largest absolute Gasteiger partial charge is 0.208 e. The summed E-state index contributed by atoms with van der Waals surface area (Å²) in [6, 6.07) is 71.3. The van der Waals surface area contributed by atoms with Crippen LogP contribution in [-0.4, -0.2) is 15.0 Å². The van der Waals surface area contributed by atoms with Crippen molar-refractivity contribution >= 4 is 53.7 Å². The van der Waals surface area contributed by atoms with Crippen LogP contribution in [0.5, 0.6) is 0 Å². The summed E-state index contributed by atoms with van der Waals surface area (Å²) in [6.07, 6.45) is 0. The Morgan fingerprint density at radius 1 is 0.281 bits per heavy atom. The van der Waals surface area contributed by atoms with Crippen LogP contribution < -0.4 is 0 Å². The van der Waals surface area contributed by atoms with Crippen molar-refractivity contribution in [2.75, 3.05) is 0 Å². The van der Waals surface area contributed by atoms with Gasteiger partial charge < -0.3 is 0 Å². The molecule has 2 heterocycles. The number of hydrogen-bond acceptors (Lipinski definition) is 4. The number of hydrogen-bond donors (Lipinski definition) is 0. The fraction of sp³-hybridized carbons (Fsp3) is 0. The molecule has 57 heavy (non-hydrogen) atoms. The molecule has 0 unspecified atom stereocenters. The Balaban J connectivity index is 0.933. The topological polar surface area (TPSA) is 38.7 Å². The second-order valence-electron chi connectivity index (χ2n) is 14.4. The average Bonchev–Trinajstić information content (AvgIpc) is 3.73. The monoisotopic (exact) mass is 743 g/mol. The third-order valence-electron chi connectivity index (χ3n) is 10.9. The molecule has 0 spiro atoms. The molecule has 3 nitrogen and oxygen atoms in total. The number of rotatable bonds is 6. The van der Waals surface area contributed by atoms with E-state index in [0.717, 1.165) is 27.8 Å². The van der Waals surface area contributed by atoms with Gasteiger partial charge in [0.25, 0.3) is 0 Å². The third kappa shape index (κ3) is 6.04. The summed E-state index contributed by atoms with van der Waals surface area (Å²) in [5.41, 5.74) is 8.78. The Morgan fingerprint density at radius 2 is 0.772 bits per heavy atom. The van der Waals surface area contributed by atoms with Crippen LogP contribution in [-0.2, 0) is 0 Å². The Labute approximate surface area is 334 Å². The molecule has 2 aromatic heterocycles. The summed E-state index contributed by atoms with van der Waals surface area (Å²) in [5, 5.41) is 8.86. The van der Waals surface area contributed by atoms with Crippen LogP contribution in [0.4, 0.5) is 0 Å².